The van der Waals surface area contributed by atoms with Crippen LogP contribution in [0.25, 0.3) is 0 Å². The highest BCUT2D eigenvalue weighted by atomic mass is 35.5. The van der Waals surface area contributed by atoms with E-state index >= 15 is 0 Å². The lowest BCUT2D eigenvalue weighted by Crippen LogP contribution is -2.47. The second-order valence-corrected chi connectivity index (χ2v) is 5.63. The molecule has 1 amide bonds. The fraction of sp³-hybridized carbons (Fsp3) is 0.571. The quantitative estimate of drug-likeness (QED) is 0.835. The van der Waals surface area contributed by atoms with Crippen molar-refractivity contribution in [2.24, 2.45) is 5.41 Å². The van der Waals surface area contributed by atoms with E-state index in [0.29, 0.717) is 23.7 Å². The van der Waals surface area contributed by atoms with E-state index in [9.17, 15) is 4.79 Å². The average Bonchev–Trinajstić information content (AvgIpc) is 2.47. The number of nitrogens with zero attached hydrogens (tertiary/aromatic N) is 1. The molecule has 0 bridgehead atoms. The molecule has 0 saturated carbocycles. The molecule has 2 heterocycles. The molecule has 2 rings (SSSR count). The van der Waals surface area contributed by atoms with Crippen molar-refractivity contribution in [3.63, 3.8) is 0 Å². The van der Waals surface area contributed by atoms with Crippen LogP contribution in [0.4, 0.5) is 0 Å². The van der Waals surface area contributed by atoms with Crippen LogP contribution in [-0.2, 0) is 4.74 Å². The summed E-state index contributed by atoms with van der Waals surface area (Å²) in [6, 6.07) is 1.63. The van der Waals surface area contributed by atoms with E-state index < -0.39 is 0 Å². The third-order valence-corrected chi connectivity index (χ3v) is 4.06. The van der Waals surface area contributed by atoms with Crippen LogP contribution in [0.15, 0.2) is 18.5 Å². The first-order valence-corrected chi connectivity index (χ1v) is 7.12. The van der Waals surface area contributed by atoms with E-state index in [-0.39, 0.29) is 36.1 Å². The third-order valence-electron chi connectivity index (χ3n) is 3.76. The summed E-state index contributed by atoms with van der Waals surface area (Å²) in [5, 5.41) is 6.68. The molecule has 8 heteroatoms. The highest BCUT2D eigenvalue weighted by Gasteiger charge is 2.32. The van der Waals surface area contributed by atoms with Crippen molar-refractivity contribution in [3.8, 4) is 0 Å². The molecule has 1 aromatic heterocycles. The molecule has 1 aliphatic heterocycles. The van der Waals surface area contributed by atoms with Gasteiger partial charge in [0.25, 0.3) is 5.91 Å². The Bertz CT molecular complexity index is 463. The smallest absolute Gasteiger partial charge is 0.252 e. The summed E-state index contributed by atoms with van der Waals surface area (Å²) < 4.78 is 5.33. The summed E-state index contributed by atoms with van der Waals surface area (Å²) in [5.41, 5.74) is 0.470. The maximum atomic E-state index is 12.2. The topological polar surface area (TPSA) is 63.2 Å². The van der Waals surface area contributed by atoms with Gasteiger partial charge in [-0.2, -0.15) is 0 Å². The number of carbonyl (C=O) groups is 1. The second-order valence-electron chi connectivity index (χ2n) is 5.22. The molecular weight excluding hydrogens is 349 g/mol. The van der Waals surface area contributed by atoms with Crippen molar-refractivity contribution in [1.82, 2.24) is 15.6 Å². The lowest BCUT2D eigenvalue weighted by Gasteiger charge is -2.37. The number of amides is 1. The van der Waals surface area contributed by atoms with Crippen LogP contribution in [0, 0.1) is 5.41 Å². The van der Waals surface area contributed by atoms with Crippen LogP contribution in [-0.4, -0.2) is 44.2 Å². The number of piperidine rings is 1. The lowest BCUT2D eigenvalue weighted by molar-refractivity contribution is 0.0512. The van der Waals surface area contributed by atoms with Crippen LogP contribution in [0.3, 0.4) is 0 Å². The first-order chi connectivity index (χ1) is 9.67. The molecule has 5 nitrogen and oxygen atoms in total. The number of carbonyl (C=O) groups excluding carboxylic acids is 1. The van der Waals surface area contributed by atoms with E-state index in [0.717, 1.165) is 25.9 Å². The van der Waals surface area contributed by atoms with Gasteiger partial charge < -0.3 is 15.4 Å². The molecular formula is C14H22Cl3N3O2. The largest absolute Gasteiger partial charge is 0.384 e. The SMILES string of the molecule is COCC1(CNC(=O)c2ccncc2Cl)CCNCC1.Cl.Cl. The van der Waals surface area contributed by atoms with Crippen LogP contribution in [0.1, 0.15) is 23.2 Å². The number of pyridine rings is 1. The fourth-order valence-corrected chi connectivity index (χ4v) is 2.76. The minimum atomic E-state index is -0.161. The molecule has 0 aliphatic carbocycles. The standard InChI is InChI=1S/C14H20ClN3O2.2ClH/c1-20-10-14(3-6-16-7-4-14)9-18-13(19)11-2-5-17-8-12(11)15;;/h2,5,8,16H,3-4,6-7,9-10H2,1H3,(H,18,19);2*1H. The Balaban J connectivity index is 0.00000220. The number of rotatable bonds is 5. The molecule has 126 valence electrons. The Labute approximate surface area is 148 Å². The van der Waals surface area contributed by atoms with Gasteiger partial charge in [-0.05, 0) is 32.0 Å². The molecule has 2 N–H and O–H groups in total. The zero-order valence-corrected chi connectivity index (χ0v) is 14.8. The summed E-state index contributed by atoms with van der Waals surface area (Å²) in [7, 11) is 1.70. The highest BCUT2D eigenvalue weighted by molar-refractivity contribution is 6.33. The van der Waals surface area contributed by atoms with E-state index in [2.05, 4.69) is 15.6 Å². The predicted octanol–water partition coefficient (Wildman–Crippen LogP) is 2.32. The first kappa shape index (κ1) is 21.4. The van der Waals surface area contributed by atoms with Gasteiger partial charge in [-0.25, -0.2) is 0 Å². The monoisotopic (exact) mass is 369 g/mol. The molecule has 0 unspecified atom stereocenters. The van der Waals surface area contributed by atoms with Crippen LogP contribution >= 0.6 is 36.4 Å². The van der Waals surface area contributed by atoms with E-state index in [1.165, 1.54) is 6.20 Å². The van der Waals surface area contributed by atoms with Crippen molar-refractivity contribution in [3.05, 3.63) is 29.0 Å². The van der Waals surface area contributed by atoms with Gasteiger partial charge in [0.2, 0.25) is 0 Å². The van der Waals surface area contributed by atoms with Crippen molar-refractivity contribution in [2.45, 2.75) is 12.8 Å². The Kier molecular flexibility index (Phi) is 9.96. The van der Waals surface area contributed by atoms with Crippen LogP contribution in [0.5, 0.6) is 0 Å². The van der Waals surface area contributed by atoms with Gasteiger partial charge in [0, 0.05) is 31.5 Å². The molecule has 0 aromatic carbocycles. The average molecular weight is 371 g/mol. The zero-order valence-electron chi connectivity index (χ0n) is 12.4. The summed E-state index contributed by atoms with van der Waals surface area (Å²) in [6.07, 6.45) is 5.03. The van der Waals surface area contributed by atoms with Gasteiger partial charge in [0.1, 0.15) is 0 Å². The third kappa shape index (κ3) is 5.56. The van der Waals surface area contributed by atoms with Gasteiger partial charge in [-0.15, -0.1) is 24.8 Å². The molecule has 0 spiro atoms. The Morgan fingerprint density at radius 1 is 1.45 bits per heavy atom. The van der Waals surface area contributed by atoms with Gasteiger partial charge in [-0.1, -0.05) is 11.6 Å². The zero-order chi connectivity index (χ0) is 14.4. The number of aromatic nitrogens is 1. The molecule has 22 heavy (non-hydrogen) atoms. The molecule has 1 saturated heterocycles. The number of hydrogen-bond donors (Lipinski definition) is 2. The van der Waals surface area contributed by atoms with E-state index in [1.54, 1.807) is 19.4 Å². The number of methoxy groups -OCH3 is 1. The van der Waals surface area contributed by atoms with Crippen LogP contribution in [0.2, 0.25) is 5.02 Å². The van der Waals surface area contributed by atoms with Crippen molar-refractivity contribution in [1.29, 1.82) is 0 Å². The predicted molar refractivity (Wildman–Crippen MR) is 92.5 cm³/mol. The molecule has 1 fully saturated rings. The number of hydrogen-bond acceptors (Lipinski definition) is 4. The minimum Gasteiger partial charge on any atom is -0.384 e. The molecule has 0 atom stereocenters. The van der Waals surface area contributed by atoms with Gasteiger partial charge >= 0.3 is 0 Å². The van der Waals surface area contributed by atoms with Crippen molar-refractivity contribution in [2.75, 3.05) is 33.4 Å². The highest BCUT2D eigenvalue weighted by Crippen LogP contribution is 2.28. The maximum Gasteiger partial charge on any atom is 0.252 e. The van der Waals surface area contributed by atoms with E-state index in [4.69, 9.17) is 16.3 Å². The minimum absolute atomic E-state index is 0. The van der Waals surface area contributed by atoms with Gasteiger partial charge in [0.15, 0.2) is 0 Å². The summed E-state index contributed by atoms with van der Waals surface area (Å²) >= 11 is 5.98. The fourth-order valence-electron chi connectivity index (χ4n) is 2.56. The second kappa shape index (κ2) is 10.2. The van der Waals surface area contributed by atoms with Crippen molar-refractivity contribution >= 4 is 42.3 Å². The number of nitrogens with one attached hydrogen (secondary N) is 2. The summed E-state index contributed by atoms with van der Waals surface area (Å²) in [4.78, 5) is 16.1. The maximum absolute atomic E-state index is 12.2. The Morgan fingerprint density at radius 2 is 2.14 bits per heavy atom. The van der Waals surface area contributed by atoms with Gasteiger partial charge in [-0.3, -0.25) is 9.78 Å². The van der Waals surface area contributed by atoms with E-state index in [1.807, 2.05) is 0 Å². The van der Waals surface area contributed by atoms with Gasteiger partial charge in [0.05, 0.1) is 17.2 Å². The van der Waals surface area contributed by atoms with Crippen molar-refractivity contribution < 1.29 is 9.53 Å². The first-order valence-electron chi connectivity index (χ1n) is 6.74. The number of ether oxygens (including phenoxy) is 1. The molecule has 0 radical (unpaired) electrons. The summed E-state index contributed by atoms with van der Waals surface area (Å²) in [5.74, 6) is -0.161. The normalized spacial score (nSPS) is 16.1. The Morgan fingerprint density at radius 3 is 2.73 bits per heavy atom. The lowest BCUT2D eigenvalue weighted by atomic mass is 9.79. The Hall–Kier alpha value is -0.590. The molecule has 1 aromatic rings. The summed E-state index contributed by atoms with van der Waals surface area (Å²) in [6.45, 7) is 3.16. The number of halogens is 3. The van der Waals surface area contributed by atoms with Crippen LogP contribution < -0.4 is 10.6 Å². The molecule has 1 aliphatic rings.